The Morgan fingerprint density at radius 1 is 1.54 bits per heavy atom. The molecule has 3 aliphatic rings. The maximum Gasteiger partial charge on any atom is 0.165 e. The van der Waals surface area contributed by atoms with Gasteiger partial charge < -0.3 is 9.84 Å². The summed E-state index contributed by atoms with van der Waals surface area (Å²) in [5.74, 6) is 0.759. The van der Waals surface area contributed by atoms with Crippen LogP contribution in [0.25, 0.3) is 0 Å². The molecule has 0 aliphatic heterocycles. The average Bonchev–Trinajstić information content (AvgIpc) is 2.09. The zero-order chi connectivity index (χ0) is 9.64. The molecule has 0 aromatic rings. The van der Waals surface area contributed by atoms with E-state index in [0.717, 1.165) is 6.42 Å². The zero-order valence-electron chi connectivity index (χ0n) is 8.12. The smallest absolute Gasteiger partial charge is 0.165 e. The number of carbonyl (C=O) groups excluding carboxylic acids is 1. The number of hydrogen-bond donors (Lipinski definition) is 1. The van der Waals surface area contributed by atoms with E-state index >= 15 is 0 Å². The van der Waals surface area contributed by atoms with Gasteiger partial charge in [-0.15, -0.1) is 0 Å². The van der Waals surface area contributed by atoms with Gasteiger partial charge in [-0.05, 0) is 18.3 Å². The first kappa shape index (κ1) is 9.16. The lowest BCUT2D eigenvalue weighted by atomic mass is 9.60. The van der Waals surface area contributed by atoms with Crippen molar-refractivity contribution in [3.8, 4) is 0 Å². The lowest BCUT2D eigenvalue weighted by Gasteiger charge is -2.50. The van der Waals surface area contributed by atoms with Crippen LogP contribution in [-0.4, -0.2) is 29.7 Å². The lowest BCUT2D eigenvalue weighted by Crippen LogP contribution is -2.58. The highest BCUT2D eigenvalue weighted by molar-refractivity contribution is 5.89. The Morgan fingerprint density at radius 3 is 2.77 bits per heavy atom. The Bertz CT molecular complexity index is 224. The summed E-state index contributed by atoms with van der Waals surface area (Å²) in [4.78, 5) is 11.7. The van der Waals surface area contributed by atoms with Crippen LogP contribution in [0.1, 0.15) is 26.2 Å². The minimum absolute atomic E-state index is 0.171. The molecule has 3 rings (SSSR count). The Hall–Kier alpha value is -0.410. The van der Waals surface area contributed by atoms with Crippen molar-refractivity contribution in [3.05, 3.63) is 0 Å². The summed E-state index contributed by atoms with van der Waals surface area (Å²) in [6.45, 7) is 2.09. The third kappa shape index (κ3) is 1.14. The van der Waals surface area contributed by atoms with E-state index in [9.17, 15) is 9.90 Å². The fourth-order valence-electron chi connectivity index (χ4n) is 2.87. The zero-order valence-corrected chi connectivity index (χ0v) is 8.12. The summed E-state index contributed by atoms with van der Waals surface area (Å²) in [6, 6.07) is 0. The van der Waals surface area contributed by atoms with Gasteiger partial charge in [0.1, 0.15) is 5.60 Å². The highest BCUT2D eigenvalue weighted by Gasteiger charge is 2.54. The fraction of sp³-hybridized carbons (Fsp3) is 0.900. The Morgan fingerprint density at radius 2 is 2.23 bits per heavy atom. The van der Waals surface area contributed by atoms with Crippen molar-refractivity contribution < 1.29 is 14.6 Å². The van der Waals surface area contributed by atoms with Gasteiger partial charge in [-0.1, -0.05) is 6.92 Å². The van der Waals surface area contributed by atoms with E-state index in [1.165, 1.54) is 0 Å². The molecule has 0 aromatic heterocycles. The fourth-order valence-corrected chi connectivity index (χ4v) is 2.87. The summed E-state index contributed by atoms with van der Waals surface area (Å²) >= 11 is 0. The van der Waals surface area contributed by atoms with Crippen molar-refractivity contribution in [1.82, 2.24) is 0 Å². The van der Waals surface area contributed by atoms with Gasteiger partial charge >= 0.3 is 0 Å². The number of aliphatic hydroxyl groups excluding tert-OH is 1. The van der Waals surface area contributed by atoms with Crippen LogP contribution in [0.5, 0.6) is 0 Å². The second-order valence-electron chi connectivity index (χ2n) is 4.44. The molecular formula is C10H16O3. The highest BCUT2D eigenvalue weighted by atomic mass is 16.5. The number of hydrogen-bond acceptors (Lipinski definition) is 3. The van der Waals surface area contributed by atoms with E-state index < -0.39 is 5.60 Å². The number of aliphatic hydroxyl groups is 1. The number of fused-ring (bicyclic) bond motifs is 3. The second-order valence-corrected chi connectivity index (χ2v) is 4.44. The summed E-state index contributed by atoms with van der Waals surface area (Å²) < 4.78 is 5.31. The van der Waals surface area contributed by atoms with E-state index in [1.807, 2.05) is 0 Å². The van der Waals surface area contributed by atoms with E-state index in [2.05, 4.69) is 6.92 Å². The largest absolute Gasteiger partial charge is 0.393 e. The molecule has 0 saturated heterocycles. The van der Waals surface area contributed by atoms with Crippen LogP contribution in [-0.2, 0) is 9.53 Å². The van der Waals surface area contributed by atoms with Crippen LogP contribution in [0.15, 0.2) is 0 Å². The molecule has 0 heterocycles. The van der Waals surface area contributed by atoms with E-state index in [1.54, 1.807) is 7.11 Å². The minimum atomic E-state index is -0.659. The number of carbonyl (C=O) groups is 1. The molecule has 74 valence electrons. The monoisotopic (exact) mass is 184 g/mol. The summed E-state index contributed by atoms with van der Waals surface area (Å²) in [7, 11) is 1.57. The summed E-state index contributed by atoms with van der Waals surface area (Å²) in [5, 5.41) is 9.75. The van der Waals surface area contributed by atoms with Gasteiger partial charge in [0.15, 0.2) is 5.78 Å². The van der Waals surface area contributed by atoms with Gasteiger partial charge in [0.2, 0.25) is 0 Å². The van der Waals surface area contributed by atoms with Crippen molar-refractivity contribution in [1.29, 1.82) is 0 Å². The predicted octanol–water partition coefficient (Wildman–Crippen LogP) is 0.751. The number of rotatable bonds is 1. The molecule has 3 saturated carbocycles. The Balaban J connectivity index is 2.30. The number of Topliss-reactive ketones (excluding diaryl/α,β-unsaturated/α-hetero) is 1. The van der Waals surface area contributed by atoms with Crippen LogP contribution < -0.4 is 0 Å². The molecule has 2 bridgehead atoms. The Kier molecular flexibility index (Phi) is 1.96. The number of ether oxygens (including phenoxy) is 1. The van der Waals surface area contributed by atoms with Crippen molar-refractivity contribution in [2.75, 3.05) is 7.11 Å². The molecule has 3 nitrogen and oxygen atoms in total. The van der Waals surface area contributed by atoms with Gasteiger partial charge in [-0.25, -0.2) is 0 Å². The second kappa shape index (κ2) is 2.79. The van der Waals surface area contributed by atoms with Crippen LogP contribution in [0.3, 0.4) is 0 Å². The SMILES string of the molecule is COC12CC(C)C(CC1=O)C(O)C2. The molecule has 0 aromatic carbocycles. The van der Waals surface area contributed by atoms with Crippen molar-refractivity contribution in [2.24, 2.45) is 11.8 Å². The average molecular weight is 184 g/mol. The number of ketones is 1. The molecule has 3 heteroatoms. The van der Waals surface area contributed by atoms with Gasteiger partial charge in [-0.3, -0.25) is 4.79 Å². The van der Waals surface area contributed by atoms with Crippen molar-refractivity contribution in [3.63, 3.8) is 0 Å². The van der Waals surface area contributed by atoms with Crippen molar-refractivity contribution in [2.45, 2.75) is 37.9 Å². The maximum atomic E-state index is 11.7. The quantitative estimate of drug-likeness (QED) is 0.654. The van der Waals surface area contributed by atoms with Crippen LogP contribution in [0.2, 0.25) is 0 Å². The van der Waals surface area contributed by atoms with Crippen LogP contribution in [0, 0.1) is 11.8 Å². The van der Waals surface area contributed by atoms with Crippen molar-refractivity contribution >= 4 is 5.78 Å². The maximum absolute atomic E-state index is 11.7. The Labute approximate surface area is 78.1 Å². The van der Waals surface area contributed by atoms with Gasteiger partial charge in [0.25, 0.3) is 0 Å². The van der Waals surface area contributed by atoms with Gasteiger partial charge in [-0.2, -0.15) is 0 Å². The first-order valence-electron chi connectivity index (χ1n) is 4.85. The first-order valence-corrected chi connectivity index (χ1v) is 4.85. The standard InChI is InChI=1S/C10H16O3/c1-6-4-10(13-2)5-8(11)7(6)3-9(10)12/h6-8,11H,3-5H2,1-2H3. The van der Waals surface area contributed by atoms with E-state index in [0.29, 0.717) is 18.8 Å². The molecule has 4 atom stereocenters. The van der Waals surface area contributed by atoms with E-state index in [4.69, 9.17) is 4.74 Å². The minimum Gasteiger partial charge on any atom is -0.393 e. The highest BCUT2D eigenvalue weighted by Crippen LogP contribution is 2.47. The van der Waals surface area contributed by atoms with Crippen LogP contribution in [0.4, 0.5) is 0 Å². The molecule has 13 heavy (non-hydrogen) atoms. The molecule has 3 aliphatic carbocycles. The summed E-state index contributed by atoms with van der Waals surface area (Å²) in [6.07, 6.45) is 1.43. The molecular weight excluding hydrogens is 168 g/mol. The summed E-state index contributed by atoms with van der Waals surface area (Å²) in [5.41, 5.74) is -0.659. The van der Waals surface area contributed by atoms with Gasteiger partial charge in [0, 0.05) is 20.0 Å². The molecule has 3 fully saturated rings. The normalized spacial score (nSPS) is 49.8. The molecule has 0 radical (unpaired) electrons. The third-order valence-electron chi connectivity index (χ3n) is 3.74. The third-order valence-corrected chi connectivity index (χ3v) is 3.74. The molecule has 1 N–H and O–H groups in total. The lowest BCUT2D eigenvalue weighted by molar-refractivity contribution is -0.177. The van der Waals surface area contributed by atoms with E-state index in [-0.39, 0.29) is 17.8 Å². The predicted molar refractivity (Wildman–Crippen MR) is 47.3 cm³/mol. The van der Waals surface area contributed by atoms with Gasteiger partial charge in [0.05, 0.1) is 6.10 Å². The molecule has 4 unspecified atom stereocenters. The topological polar surface area (TPSA) is 46.5 Å². The molecule has 0 amide bonds. The first-order chi connectivity index (χ1) is 6.09. The molecule has 0 spiro atoms. The number of methoxy groups -OCH3 is 1. The van der Waals surface area contributed by atoms with Crippen LogP contribution >= 0.6 is 0 Å².